The van der Waals surface area contributed by atoms with Gasteiger partial charge in [-0.25, -0.2) is 0 Å². The van der Waals surface area contributed by atoms with Crippen LogP contribution in [-0.4, -0.2) is 50.9 Å². The van der Waals surface area contributed by atoms with Gasteiger partial charge in [0.25, 0.3) is 0 Å². The minimum atomic E-state index is -0.643. The number of para-hydroxylation sites is 1. The van der Waals surface area contributed by atoms with Crippen LogP contribution in [-0.2, 0) is 0 Å². The molecule has 0 saturated heterocycles. The van der Waals surface area contributed by atoms with Crippen molar-refractivity contribution in [1.29, 1.82) is 0 Å². The van der Waals surface area contributed by atoms with E-state index in [1.165, 1.54) is 11.8 Å². The highest BCUT2D eigenvalue weighted by molar-refractivity contribution is 7.99. The van der Waals surface area contributed by atoms with E-state index in [0.29, 0.717) is 10.9 Å². The van der Waals surface area contributed by atoms with Gasteiger partial charge in [0.2, 0.25) is 5.16 Å². The molecule has 0 unspecified atom stereocenters. The second-order valence-corrected chi connectivity index (χ2v) is 7.06. The van der Waals surface area contributed by atoms with Crippen LogP contribution in [0.2, 0.25) is 0 Å². The van der Waals surface area contributed by atoms with Crippen LogP contribution in [0.5, 0.6) is 11.5 Å². The molecule has 0 aliphatic heterocycles. The van der Waals surface area contributed by atoms with E-state index >= 15 is 0 Å². The molecule has 1 heterocycles. The zero-order valence-corrected chi connectivity index (χ0v) is 16.3. The number of rotatable bonds is 8. The van der Waals surface area contributed by atoms with Crippen LogP contribution >= 0.6 is 11.8 Å². The van der Waals surface area contributed by atoms with Gasteiger partial charge in [-0.2, -0.15) is 4.68 Å². The first-order valence-electron chi connectivity index (χ1n) is 8.51. The molecule has 7 nitrogen and oxygen atoms in total. The van der Waals surface area contributed by atoms with Crippen molar-refractivity contribution in [3.8, 4) is 17.2 Å². The van der Waals surface area contributed by atoms with Gasteiger partial charge in [0.05, 0.1) is 18.9 Å². The Balaban J connectivity index is 1.58. The number of ether oxygens (including phenoxy) is 2. The Morgan fingerprint density at radius 2 is 1.81 bits per heavy atom. The molecule has 3 aromatic rings. The SMILES string of the molecule is COc1ccc(-n2nnnc2SC[C@@H](O)COc2c(C)cccc2C)cc1. The molecule has 0 bridgehead atoms. The van der Waals surface area contributed by atoms with Crippen LogP contribution in [0.4, 0.5) is 0 Å². The van der Waals surface area contributed by atoms with E-state index in [0.717, 1.165) is 28.3 Å². The molecule has 1 aromatic heterocycles. The molecule has 8 heteroatoms. The number of aryl methyl sites for hydroxylation is 2. The average molecular weight is 386 g/mol. The Morgan fingerprint density at radius 3 is 2.48 bits per heavy atom. The van der Waals surface area contributed by atoms with Crippen molar-refractivity contribution in [2.45, 2.75) is 25.1 Å². The third kappa shape index (κ3) is 4.78. The standard InChI is InChI=1S/C19H22N4O3S/c1-13-5-4-6-14(2)18(13)26-11-16(24)12-27-19-20-21-22-23(19)15-7-9-17(25-3)10-8-15/h4-10,16,24H,11-12H2,1-3H3/t16-/m0/s1. The minimum absolute atomic E-state index is 0.211. The van der Waals surface area contributed by atoms with E-state index in [2.05, 4.69) is 15.5 Å². The molecule has 0 fully saturated rings. The van der Waals surface area contributed by atoms with Crippen LogP contribution in [0, 0.1) is 13.8 Å². The third-order valence-corrected chi connectivity index (χ3v) is 5.06. The van der Waals surface area contributed by atoms with Crippen molar-refractivity contribution >= 4 is 11.8 Å². The molecule has 27 heavy (non-hydrogen) atoms. The number of hydrogen-bond donors (Lipinski definition) is 1. The van der Waals surface area contributed by atoms with Crippen molar-refractivity contribution in [3.05, 3.63) is 53.6 Å². The predicted octanol–water partition coefficient (Wildman–Crippen LogP) is 2.82. The van der Waals surface area contributed by atoms with Gasteiger partial charge in [-0.1, -0.05) is 30.0 Å². The van der Waals surface area contributed by atoms with Crippen molar-refractivity contribution in [3.63, 3.8) is 0 Å². The Kier molecular flexibility index (Phi) is 6.31. The number of tetrazole rings is 1. The van der Waals surface area contributed by atoms with Crippen LogP contribution in [0.15, 0.2) is 47.6 Å². The van der Waals surface area contributed by atoms with Gasteiger partial charge < -0.3 is 14.6 Å². The Hall–Kier alpha value is -2.58. The van der Waals surface area contributed by atoms with E-state index in [-0.39, 0.29) is 6.61 Å². The summed E-state index contributed by atoms with van der Waals surface area (Å²) in [6.45, 7) is 4.20. The summed E-state index contributed by atoms with van der Waals surface area (Å²) in [5, 5.41) is 22.7. The summed E-state index contributed by atoms with van der Waals surface area (Å²) in [5.41, 5.74) is 2.93. The molecular formula is C19H22N4O3S. The summed E-state index contributed by atoms with van der Waals surface area (Å²) in [5.74, 6) is 2.01. The maximum absolute atomic E-state index is 10.3. The predicted molar refractivity (Wildman–Crippen MR) is 104 cm³/mol. The number of hydrogen-bond acceptors (Lipinski definition) is 7. The lowest BCUT2D eigenvalue weighted by Gasteiger charge is -2.15. The number of aliphatic hydroxyl groups excluding tert-OH is 1. The summed E-state index contributed by atoms with van der Waals surface area (Å²) < 4.78 is 12.6. The van der Waals surface area contributed by atoms with E-state index in [4.69, 9.17) is 9.47 Å². The maximum Gasteiger partial charge on any atom is 0.214 e. The smallest absolute Gasteiger partial charge is 0.214 e. The molecule has 0 aliphatic carbocycles. The zero-order chi connectivity index (χ0) is 19.2. The first kappa shape index (κ1) is 19.2. The molecular weight excluding hydrogens is 364 g/mol. The highest BCUT2D eigenvalue weighted by Gasteiger charge is 2.14. The molecule has 1 atom stereocenters. The second-order valence-electron chi connectivity index (χ2n) is 6.07. The maximum atomic E-state index is 10.3. The number of aromatic nitrogens is 4. The highest BCUT2D eigenvalue weighted by Crippen LogP contribution is 2.24. The van der Waals surface area contributed by atoms with Gasteiger partial charge in [0.1, 0.15) is 18.1 Å². The Bertz CT molecular complexity index is 863. The summed E-state index contributed by atoms with van der Waals surface area (Å²) in [6, 6.07) is 13.4. The third-order valence-electron chi connectivity index (χ3n) is 3.99. The topological polar surface area (TPSA) is 82.3 Å². The quantitative estimate of drug-likeness (QED) is 0.596. The monoisotopic (exact) mass is 386 g/mol. The van der Waals surface area contributed by atoms with E-state index < -0.39 is 6.10 Å². The van der Waals surface area contributed by atoms with Crippen molar-refractivity contribution in [2.24, 2.45) is 0 Å². The highest BCUT2D eigenvalue weighted by atomic mass is 32.2. The van der Waals surface area contributed by atoms with Gasteiger partial charge in [0, 0.05) is 5.75 Å². The fourth-order valence-corrected chi connectivity index (χ4v) is 3.38. The number of benzene rings is 2. The van der Waals surface area contributed by atoms with E-state index in [9.17, 15) is 5.11 Å². The van der Waals surface area contributed by atoms with Gasteiger partial charge in [-0.3, -0.25) is 0 Å². The molecule has 0 radical (unpaired) electrons. The number of methoxy groups -OCH3 is 1. The largest absolute Gasteiger partial charge is 0.497 e. The lowest BCUT2D eigenvalue weighted by molar-refractivity contribution is 0.125. The van der Waals surface area contributed by atoms with Gasteiger partial charge in [-0.05, 0) is 59.7 Å². The molecule has 1 N–H and O–H groups in total. The van der Waals surface area contributed by atoms with Crippen molar-refractivity contribution < 1.29 is 14.6 Å². The first-order chi connectivity index (χ1) is 13.1. The zero-order valence-electron chi connectivity index (χ0n) is 15.5. The van der Waals surface area contributed by atoms with Crippen molar-refractivity contribution in [1.82, 2.24) is 20.2 Å². The lowest BCUT2D eigenvalue weighted by atomic mass is 10.1. The van der Waals surface area contributed by atoms with Crippen LogP contribution in [0.1, 0.15) is 11.1 Å². The summed E-state index contributed by atoms with van der Waals surface area (Å²) in [7, 11) is 1.62. The van der Waals surface area contributed by atoms with E-state index in [1.807, 2.05) is 56.3 Å². The first-order valence-corrected chi connectivity index (χ1v) is 9.49. The van der Waals surface area contributed by atoms with Crippen molar-refractivity contribution in [2.75, 3.05) is 19.5 Å². The molecule has 142 valence electrons. The summed E-state index contributed by atoms with van der Waals surface area (Å²) in [6.07, 6.45) is -0.643. The molecule has 0 saturated carbocycles. The lowest BCUT2D eigenvalue weighted by Crippen LogP contribution is -2.21. The Labute approximate surface area is 162 Å². The van der Waals surface area contributed by atoms with Crippen LogP contribution in [0.3, 0.4) is 0 Å². The average Bonchev–Trinajstić information content (AvgIpc) is 3.14. The molecule has 0 amide bonds. The summed E-state index contributed by atoms with van der Waals surface area (Å²) >= 11 is 1.38. The molecule has 0 aliphatic rings. The van der Waals surface area contributed by atoms with Crippen LogP contribution < -0.4 is 9.47 Å². The fourth-order valence-electron chi connectivity index (χ4n) is 2.58. The number of thioether (sulfide) groups is 1. The van der Waals surface area contributed by atoms with Gasteiger partial charge in [-0.15, -0.1) is 5.10 Å². The Morgan fingerprint density at radius 1 is 1.11 bits per heavy atom. The van der Waals surface area contributed by atoms with Crippen LogP contribution in [0.25, 0.3) is 5.69 Å². The van der Waals surface area contributed by atoms with E-state index in [1.54, 1.807) is 11.8 Å². The molecule has 3 rings (SSSR count). The fraction of sp³-hybridized carbons (Fsp3) is 0.316. The molecule has 0 spiro atoms. The van der Waals surface area contributed by atoms with Gasteiger partial charge >= 0.3 is 0 Å². The number of aliphatic hydroxyl groups is 1. The summed E-state index contributed by atoms with van der Waals surface area (Å²) in [4.78, 5) is 0. The second kappa shape index (κ2) is 8.88. The number of nitrogens with zero attached hydrogens (tertiary/aromatic N) is 4. The minimum Gasteiger partial charge on any atom is -0.497 e. The molecule has 2 aromatic carbocycles. The van der Waals surface area contributed by atoms with Gasteiger partial charge in [0.15, 0.2) is 0 Å². The normalized spacial score (nSPS) is 12.0.